The summed E-state index contributed by atoms with van der Waals surface area (Å²) < 4.78 is 0. The molecule has 3 nitrogen and oxygen atoms in total. The average molecular weight is 292 g/mol. The third-order valence-electron chi connectivity index (χ3n) is 4.82. The minimum atomic E-state index is 0.185. The fraction of sp³-hybridized carbons (Fsp3) is 0.750. The van der Waals surface area contributed by atoms with Crippen molar-refractivity contribution in [1.29, 1.82) is 0 Å². The standard InChI is InChI=1S/C16H24N2OS/c19-16(15-11-20-12-17-15)18(13-7-3-1-4-8-13)14-9-5-2-6-10-14/h11-14H,1-10H2. The van der Waals surface area contributed by atoms with E-state index in [-0.39, 0.29) is 5.91 Å². The number of hydrogen-bond acceptors (Lipinski definition) is 3. The maximum Gasteiger partial charge on any atom is 0.273 e. The molecule has 2 saturated carbocycles. The van der Waals surface area contributed by atoms with E-state index in [2.05, 4.69) is 9.88 Å². The van der Waals surface area contributed by atoms with Crippen LogP contribution in [0.5, 0.6) is 0 Å². The molecule has 2 aliphatic carbocycles. The van der Waals surface area contributed by atoms with Crippen molar-refractivity contribution in [3.05, 3.63) is 16.6 Å². The molecule has 110 valence electrons. The number of hydrogen-bond donors (Lipinski definition) is 0. The molecule has 0 radical (unpaired) electrons. The van der Waals surface area contributed by atoms with E-state index in [9.17, 15) is 4.79 Å². The summed E-state index contributed by atoms with van der Waals surface area (Å²) in [5.74, 6) is 0.185. The van der Waals surface area contributed by atoms with Crippen LogP contribution in [0.25, 0.3) is 0 Å². The van der Waals surface area contributed by atoms with Gasteiger partial charge in [0.05, 0.1) is 5.51 Å². The second-order valence-electron chi connectivity index (χ2n) is 6.17. The Balaban J connectivity index is 1.79. The Kier molecular flexibility index (Phi) is 4.71. The molecule has 2 fully saturated rings. The lowest BCUT2D eigenvalue weighted by atomic mass is 9.88. The molecule has 1 aromatic rings. The summed E-state index contributed by atoms with van der Waals surface area (Å²) in [4.78, 5) is 19.4. The Hall–Kier alpha value is -0.900. The SMILES string of the molecule is O=C(c1cscn1)N(C1CCCCC1)C1CCCCC1. The first kappa shape index (κ1) is 14.1. The molecule has 1 aromatic heterocycles. The summed E-state index contributed by atoms with van der Waals surface area (Å²) in [6.07, 6.45) is 12.5. The van der Waals surface area contributed by atoms with E-state index in [1.165, 1.54) is 75.5 Å². The van der Waals surface area contributed by atoms with Crippen LogP contribution in [0.3, 0.4) is 0 Å². The molecule has 0 aliphatic heterocycles. The summed E-state index contributed by atoms with van der Waals surface area (Å²) in [6.45, 7) is 0. The van der Waals surface area contributed by atoms with Crippen LogP contribution in [0.15, 0.2) is 10.9 Å². The number of nitrogens with zero attached hydrogens (tertiary/aromatic N) is 2. The molecule has 1 amide bonds. The van der Waals surface area contributed by atoms with Crippen LogP contribution in [0.1, 0.15) is 74.7 Å². The van der Waals surface area contributed by atoms with Crippen LogP contribution in [0.4, 0.5) is 0 Å². The third-order valence-corrected chi connectivity index (χ3v) is 5.41. The Labute approximate surface area is 125 Å². The molecule has 20 heavy (non-hydrogen) atoms. The van der Waals surface area contributed by atoms with Gasteiger partial charge in [-0.25, -0.2) is 4.98 Å². The molecule has 0 bridgehead atoms. The normalized spacial score (nSPS) is 21.8. The summed E-state index contributed by atoms with van der Waals surface area (Å²) >= 11 is 1.52. The van der Waals surface area contributed by atoms with Crippen molar-refractivity contribution in [1.82, 2.24) is 9.88 Å². The highest BCUT2D eigenvalue weighted by atomic mass is 32.1. The summed E-state index contributed by atoms with van der Waals surface area (Å²) in [5.41, 5.74) is 2.43. The highest BCUT2D eigenvalue weighted by molar-refractivity contribution is 7.07. The first-order valence-corrected chi connectivity index (χ1v) is 9.01. The molecule has 2 aliphatic rings. The number of carbonyl (C=O) groups excluding carboxylic acids is 1. The Morgan fingerprint density at radius 3 is 2.00 bits per heavy atom. The molecule has 4 heteroatoms. The smallest absolute Gasteiger partial charge is 0.273 e. The van der Waals surface area contributed by atoms with Crippen LogP contribution in [-0.4, -0.2) is 27.9 Å². The maximum atomic E-state index is 12.9. The fourth-order valence-electron chi connectivity index (χ4n) is 3.80. The number of aromatic nitrogens is 1. The van der Waals surface area contributed by atoms with Gasteiger partial charge in [-0.05, 0) is 25.7 Å². The second kappa shape index (κ2) is 6.70. The van der Waals surface area contributed by atoms with Crippen molar-refractivity contribution in [2.24, 2.45) is 0 Å². The van der Waals surface area contributed by atoms with E-state index < -0.39 is 0 Å². The van der Waals surface area contributed by atoms with Gasteiger partial charge in [0, 0.05) is 17.5 Å². The van der Waals surface area contributed by atoms with Crippen LogP contribution < -0.4 is 0 Å². The molecule has 0 saturated heterocycles. The van der Waals surface area contributed by atoms with Gasteiger partial charge in [0.25, 0.3) is 5.91 Å². The van der Waals surface area contributed by atoms with E-state index in [4.69, 9.17) is 0 Å². The molecular weight excluding hydrogens is 268 g/mol. The minimum Gasteiger partial charge on any atom is -0.331 e. The van der Waals surface area contributed by atoms with Gasteiger partial charge < -0.3 is 4.90 Å². The number of rotatable bonds is 3. The van der Waals surface area contributed by atoms with Gasteiger partial charge in [-0.15, -0.1) is 11.3 Å². The summed E-state index contributed by atoms with van der Waals surface area (Å²) in [5, 5.41) is 1.90. The number of thiazole rings is 1. The largest absolute Gasteiger partial charge is 0.331 e. The molecule has 1 heterocycles. The zero-order valence-electron chi connectivity index (χ0n) is 12.1. The van der Waals surface area contributed by atoms with Gasteiger partial charge in [-0.3, -0.25) is 4.79 Å². The molecule has 0 atom stereocenters. The molecule has 0 spiro atoms. The minimum absolute atomic E-state index is 0.185. The Bertz CT molecular complexity index is 402. The summed E-state index contributed by atoms with van der Waals surface area (Å²) in [6, 6.07) is 0.919. The van der Waals surface area contributed by atoms with Gasteiger partial charge in [0.15, 0.2) is 0 Å². The Morgan fingerprint density at radius 1 is 1.00 bits per heavy atom. The average Bonchev–Trinajstić information content (AvgIpc) is 3.04. The lowest BCUT2D eigenvalue weighted by Gasteiger charge is -2.41. The van der Waals surface area contributed by atoms with Gasteiger partial charge in [0.1, 0.15) is 5.69 Å². The van der Waals surface area contributed by atoms with Crippen molar-refractivity contribution >= 4 is 17.2 Å². The van der Waals surface area contributed by atoms with Crippen molar-refractivity contribution in [2.45, 2.75) is 76.3 Å². The highest BCUT2D eigenvalue weighted by Crippen LogP contribution is 2.31. The third kappa shape index (κ3) is 3.05. The van der Waals surface area contributed by atoms with E-state index in [0.717, 1.165) is 0 Å². The van der Waals surface area contributed by atoms with Crippen molar-refractivity contribution in [2.75, 3.05) is 0 Å². The highest BCUT2D eigenvalue weighted by Gasteiger charge is 2.33. The molecule has 3 rings (SSSR count). The molecular formula is C16H24N2OS. The van der Waals surface area contributed by atoms with Crippen molar-refractivity contribution in [3.8, 4) is 0 Å². The zero-order chi connectivity index (χ0) is 13.8. The van der Waals surface area contributed by atoms with Gasteiger partial charge in [0.2, 0.25) is 0 Å². The van der Waals surface area contributed by atoms with Crippen LogP contribution >= 0.6 is 11.3 Å². The van der Waals surface area contributed by atoms with E-state index in [1.807, 2.05) is 5.38 Å². The first-order valence-electron chi connectivity index (χ1n) is 8.07. The maximum absolute atomic E-state index is 12.9. The number of carbonyl (C=O) groups is 1. The van der Waals surface area contributed by atoms with Gasteiger partial charge in [-0.1, -0.05) is 38.5 Å². The topological polar surface area (TPSA) is 33.2 Å². The van der Waals surface area contributed by atoms with Crippen molar-refractivity contribution < 1.29 is 4.79 Å². The van der Waals surface area contributed by atoms with Crippen LogP contribution in [-0.2, 0) is 0 Å². The molecule has 0 N–H and O–H groups in total. The lowest BCUT2D eigenvalue weighted by Crippen LogP contribution is -2.48. The van der Waals surface area contributed by atoms with E-state index >= 15 is 0 Å². The quantitative estimate of drug-likeness (QED) is 0.834. The van der Waals surface area contributed by atoms with Crippen LogP contribution in [0, 0.1) is 0 Å². The fourth-order valence-corrected chi connectivity index (χ4v) is 4.32. The lowest BCUT2D eigenvalue weighted by molar-refractivity contribution is 0.0443. The van der Waals surface area contributed by atoms with Gasteiger partial charge in [-0.2, -0.15) is 0 Å². The number of amides is 1. The first-order chi connectivity index (χ1) is 9.86. The molecule has 0 unspecified atom stereocenters. The predicted molar refractivity (Wildman–Crippen MR) is 82.0 cm³/mol. The van der Waals surface area contributed by atoms with Crippen LogP contribution in [0.2, 0.25) is 0 Å². The molecule has 0 aromatic carbocycles. The van der Waals surface area contributed by atoms with E-state index in [0.29, 0.717) is 17.8 Å². The van der Waals surface area contributed by atoms with E-state index in [1.54, 1.807) is 5.51 Å². The zero-order valence-corrected chi connectivity index (χ0v) is 12.9. The van der Waals surface area contributed by atoms with Gasteiger partial charge >= 0.3 is 0 Å². The second-order valence-corrected chi connectivity index (χ2v) is 6.89. The van der Waals surface area contributed by atoms with Crippen molar-refractivity contribution in [3.63, 3.8) is 0 Å². The summed E-state index contributed by atoms with van der Waals surface area (Å²) in [7, 11) is 0. The Morgan fingerprint density at radius 2 is 1.55 bits per heavy atom. The predicted octanol–water partition coefficient (Wildman–Crippen LogP) is 4.25. The monoisotopic (exact) mass is 292 g/mol.